The fourth-order valence-corrected chi connectivity index (χ4v) is 4.02. The lowest BCUT2D eigenvalue weighted by Crippen LogP contribution is -2.18. The molecule has 1 aromatic carbocycles. The van der Waals surface area contributed by atoms with Gasteiger partial charge in [-0.1, -0.05) is 15.9 Å². The summed E-state index contributed by atoms with van der Waals surface area (Å²) >= 11 is 3.36. The first-order valence-electron chi connectivity index (χ1n) is 6.32. The molecule has 0 radical (unpaired) electrons. The summed E-state index contributed by atoms with van der Waals surface area (Å²) < 4.78 is 28.7. The van der Waals surface area contributed by atoms with Crippen molar-refractivity contribution in [1.29, 1.82) is 0 Å². The lowest BCUT2D eigenvalue weighted by molar-refractivity contribution is 0.598. The topological polar surface area (TPSA) is 86.9 Å². The Morgan fingerprint density at radius 2 is 2.05 bits per heavy atom. The summed E-state index contributed by atoms with van der Waals surface area (Å²) in [6.07, 6.45) is 0. The van der Waals surface area contributed by atoms with Crippen LogP contribution in [0.1, 0.15) is 17.0 Å². The molecule has 0 saturated heterocycles. The summed E-state index contributed by atoms with van der Waals surface area (Å²) in [6, 6.07) is 5.38. The SMILES string of the molecule is CNCc1n[nH]c(C)c1S(=O)(=O)Nc1ccc(Br)cc1C. The van der Waals surface area contributed by atoms with Gasteiger partial charge in [0.05, 0.1) is 17.1 Å². The van der Waals surface area contributed by atoms with Gasteiger partial charge in [0.2, 0.25) is 0 Å². The zero-order chi connectivity index (χ0) is 15.6. The second kappa shape index (κ2) is 6.17. The summed E-state index contributed by atoms with van der Waals surface area (Å²) in [6.45, 7) is 3.91. The number of rotatable bonds is 5. The summed E-state index contributed by atoms with van der Waals surface area (Å²) in [7, 11) is -1.95. The molecular weight excluding hydrogens is 356 g/mol. The fraction of sp³-hybridized carbons (Fsp3) is 0.308. The van der Waals surface area contributed by atoms with Crippen molar-refractivity contribution in [3.8, 4) is 0 Å². The Balaban J connectivity index is 2.41. The van der Waals surface area contributed by atoms with Gasteiger partial charge in [-0.05, 0) is 44.7 Å². The van der Waals surface area contributed by atoms with E-state index in [9.17, 15) is 8.42 Å². The van der Waals surface area contributed by atoms with Gasteiger partial charge in [-0.3, -0.25) is 9.82 Å². The van der Waals surface area contributed by atoms with Crippen molar-refractivity contribution in [2.24, 2.45) is 0 Å². The highest BCUT2D eigenvalue weighted by molar-refractivity contribution is 9.10. The Kier molecular flexibility index (Phi) is 4.70. The smallest absolute Gasteiger partial charge is 0.265 e. The number of nitrogens with zero attached hydrogens (tertiary/aromatic N) is 1. The molecule has 0 atom stereocenters. The van der Waals surface area contributed by atoms with Gasteiger partial charge in [0.15, 0.2) is 0 Å². The summed E-state index contributed by atoms with van der Waals surface area (Å²) in [5, 5.41) is 9.67. The zero-order valence-corrected chi connectivity index (χ0v) is 14.4. The van der Waals surface area contributed by atoms with E-state index in [1.165, 1.54) is 0 Å². The molecule has 1 heterocycles. The Hall–Kier alpha value is -1.38. The number of hydrogen-bond donors (Lipinski definition) is 3. The minimum absolute atomic E-state index is 0.194. The van der Waals surface area contributed by atoms with E-state index in [2.05, 4.69) is 36.2 Å². The van der Waals surface area contributed by atoms with Crippen molar-refractivity contribution in [3.63, 3.8) is 0 Å². The normalized spacial score (nSPS) is 11.6. The van der Waals surface area contributed by atoms with Crippen LogP contribution in [0, 0.1) is 13.8 Å². The number of benzene rings is 1. The highest BCUT2D eigenvalue weighted by atomic mass is 79.9. The van der Waals surface area contributed by atoms with Crippen LogP contribution < -0.4 is 10.0 Å². The molecule has 0 saturated carbocycles. The number of aryl methyl sites for hydroxylation is 2. The number of aromatic amines is 1. The van der Waals surface area contributed by atoms with Crippen molar-refractivity contribution in [3.05, 3.63) is 39.6 Å². The van der Waals surface area contributed by atoms with Crippen molar-refractivity contribution < 1.29 is 8.42 Å². The molecule has 114 valence electrons. The first kappa shape index (κ1) is 16.0. The number of sulfonamides is 1. The predicted octanol–water partition coefficient (Wildman–Crippen LogP) is 2.31. The van der Waals surface area contributed by atoms with E-state index in [-0.39, 0.29) is 4.90 Å². The third kappa shape index (κ3) is 3.45. The van der Waals surface area contributed by atoms with Gasteiger partial charge < -0.3 is 5.32 Å². The Morgan fingerprint density at radius 1 is 1.33 bits per heavy atom. The van der Waals surface area contributed by atoms with E-state index in [4.69, 9.17) is 0 Å². The molecule has 0 unspecified atom stereocenters. The molecule has 0 spiro atoms. The highest BCUT2D eigenvalue weighted by Gasteiger charge is 2.24. The van der Waals surface area contributed by atoms with E-state index < -0.39 is 10.0 Å². The van der Waals surface area contributed by atoms with E-state index in [0.717, 1.165) is 10.0 Å². The number of H-pyrrole nitrogens is 1. The van der Waals surface area contributed by atoms with Crippen molar-refractivity contribution in [2.75, 3.05) is 11.8 Å². The standard InChI is InChI=1S/C13H17BrN4O2S/c1-8-6-10(14)4-5-11(8)18-21(19,20)13-9(2)16-17-12(13)7-15-3/h4-6,15,18H,7H2,1-3H3,(H,16,17). The summed E-state index contributed by atoms with van der Waals surface area (Å²) in [4.78, 5) is 0.194. The second-order valence-electron chi connectivity index (χ2n) is 4.72. The lowest BCUT2D eigenvalue weighted by Gasteiger charge is -2.11. The molecule has 0 amide bonds. The number of anilines is 1. The lowest BCUT2D eigenvalue weighted by atomic mass is 10.2. The van der Waals surface area contributed by atoms with Gasteiger partial charge in [-0.25, -0.2) is 8.42 Å². The number of hydrogen-bond acceptors (Lipinski definition) is 4. The molecule has 21 heavy (non-hydrogen) atoms. The van der Waals surface area contributed by atoms with Crippen LogP contribution in [-0.4, -0.2) is 25.7 Å². The first-order chi connectivity index (χ1) is 9.85. The average molecular weight is 373 g/mol. The van der Waals surface area contributed by atoms with E-state index >= 15 is 0 Å². The Morgan fingerprint density at radius 3 is 2.67 bits per heavy atom. The minimum atomic E-state index is -3.69. The number of aromatic nitrogens is 2. The first-order valence-corrected chi connectivity index (χ1v) is 8.60. The summed E-state index contributed by atoms with van der Waals surface area (Å²) in [5.74, 6) is 0. The quantitative estimate of drug-likeness (QED) is 0.751. The third-order valence-corrected chi connectivity index (χ3v) is 5.07. The molecule has 0 aliphatic heterocycles. The van der Waals surface area contributed by atoms with Gasteiger partial charge in [0.25, 0.3) is 10.0 Å². The molecule has 3 N–H and O–H groups in total. The van der Waals surface area contributed by atoms with Crippen LogP contribution in [-0.2, 0) is 16.6 Å². The van der Waals surface area contributed by atoms with Crippen molar-refractivity contribution >= 4 is 31.6 Å². The van der Waals surface area contributed by atoms with Crippen LogP contribution in [0.25, 0.3) is 0 Å². The van der Waals surface area contributed by atoms with Crippen molar-refractivity contribution in [2.45, 2.75) is 25.3 Å². The Bertz CT molecular complexity index is 756. The molecule has 2 rings (SSSR count). The molecule has 1 aromatic heterocycles. The minimum Gasteiger partial charge on any atom is -0.314 e. The number of nitrogens with one attached hydrogen (secondary N) is 3. The average Bonchev–Trinajstić information content (AvgIpc) is 2.75. The second-order valence-corrected chi connectivity index (χ2v) is 7.25. The zero-order valence-electron chi connectivity index (χ0n) is 12.0. The molecule has 0 bridgehead atoms. The monoisotopic (exact) mass is 372 g/mol. The summed E-state index contributed by atoms with van der Waals surface area (Å²) in [5.41, 5.74) is 2.37. The maximum Gasteiger partial charge on any atom is 0.265 e. The van der Waals surface area contributed by atoms with Crippen LogP contribution in [0.5, 0.6) is 0 Å². The van der Waals surface area contributed by atoms with E-state index in [1.54, 1.807) is 26.1 Å². The van der Waals surface area contributed by atoms with Crippen LogP contribution in [0.3, 0.4) is 0 Å². The molecule has 0 aliphatic carbocycles. The molecule has 6 nitrogen and oxygen atoms in total. The largest absolute Gasteiger partial charge is 0.314 e. The number of halogens is 1. The van der Waals surface area contributed by atoms with Gasteiger partial charge in [0, 0.05) is 11.0 Å². The van der Waals surface area contributed by atoms with Gasteiger partial charge >= 0.3 is 0 Å². The van der Waals surface area contributed by atoms with Crippen LogP contribution >= 0.6 is 15.9 Å². The predicted molar refractivity (Wildman–Crippen MR) is 85.8 cm³/mol. The van der Waals surface area contributed by atoms with Crippen LogP contribution in [0.15, 0.2) is 27.6 Å². The molecule has 2 aromatic rings. The third-order valence-electron chi connectivity index (χ3n) is 3.01. The maximum atomic E-state index is 12.6. The Labute approximate surface area is 132 Å². The molecular formula is C13H17BrN4O2S. The van der Waals surface area contributed by atoms with Crippen molar-refractivity contribution in [1.82, 2.24) is 15.5 Å². The molecule has 0 aliphatic rings. The van der Waals surface area contributed by atoms with Gasteiger partial charge in [0.1, 0.15) is 4.90 Å². The molecule has 8 heteroatoms. The maximum absolute atomic E-state index is 12.6. The molecule has 0 fully saturated rings. The van der Waals surface area contributed by atoms with Gasteiger partial charge in [-0.2, -0.15) is 5.10 Å². The van der Waals surface area contributed by atoms with Crippen LogP contribution in [0.4, 0.5) is 5.69 Å². The highest BCUT2D eigenvalue weighted by Crippen LogP contribution is 2.25. The van der Waals surface area contributed by atoms with E-state index in [1.807, 2.05) is 13.0 Å². The van der Waals surface area contributed by atoms with E-state index in [0.29, 0.717) is 23.6 Å². The van der Waals surface area contributed by atoms with Gasteiger partial charge in [-0.15, -0.1) is 0 Å². The van der Waals surface area contributed by atoms with Crippen LogP contribution in [0.2, 0.25) is 0 Å². The fourth-order valence-electron chi connectivity index (χ4n) is 2.05.